The Kier molecular flexibility index (Phi) is 11.3. The van der Waals surface area contributed by atoms with Crippen molar-refractivity contribution in [2.75, 3.05) is 25.1 Å². The Hall–Kier alpha value is -1.36. The number of aryl methyl sites for hydroxylation is 1. The minimum Gasteiger partial charge on any atom is -0.356 e. The van der Waals surface area contributed by atoms with Gasteiger partial charge in [0.25, 0.3) is 0 Å². The minimum atomic E-state index is -0.171. The van der Waals surface area contributed by atoms with Crippen molar-refractivity contribution in [3.63, 3.8) is 0 Å². The van der Waals surface area contributed by atoms with Crippen LogP contribution in [0.2, 0.25) is 0 Å². The molecule has 0 saturated heterocycles. The third-order valence-corrected chi connectivity index (χ3v) is 4.72. The van der Waals surface area contributed by atoms with E-state index in [0.717, 1.165) is 30.4 Å². The normalized spacial score (nSPS) is 11.2. The van der Waals surface area contributed by atoms with Crippen molar-refractivity contribution in [3.05, 3.63) is 47.3 Å². The number of thioether (sulfide) groups is 1. The average molecular weight is 506 g/mol. The van der Waals surface area contributed by atoms with Crippen LogP contribution in [0.15, 0.2) is 29.3 Å². The first-order valence-corrected chi connectivity index (χ1v) is 10.1. The zero-order valence-corrected chi connectivity index (χ0v) is 19.2. The summed E-state index contributed by atoms with van der Waals surface area (Å²) in [6.45, 7) is 3.79. The highest BCUT2D eigenvalue weighted by Gasteiger charge is 2.06. The van der Waals surface area contributed by atoms with Gasteiger partial charge < -0.3 is 15.2 Å². The number of aliphatic imine (C=N–C) groups is 1. The van der Waals surface area contributed by atoms with Crippen molar-refractivity contribution in [1.82, 2.24) is 25.4 Å². The van der Waals surface area contributed by atoms with Crippen LogP contribution in [0.4, 0.5) is 4.39 Å². The Morgan fingerprint density at radius 1 is 1.22 bits per heavy atom. The molecule has 0 bridgehead atoms. The maximum Gasteiger partial charge on any atom is 0.191 e. The number of halogens is 2. The number of hydrogen-bond donors (Lipinski definition) is 2. The van der Waals surface area contributed by atoms with Crippen molar-refractivity contribution in [2.45, 2.75) is 26.3 Å². The molecule has 0 aliphatic heterocycles. The molecule has 0 unspecified atom stereocenters. The summed E-state index contributed by atoms with van der Waals surface area (Å²) >= 11 is 1.82. The first-order chi connectivity index (χ1) is 12.6. The van der Waals surface area contributed by atoms with E-state index in [1.165, 1.54) is 6.07 Å². The predicted molar refractivity (Wildman–Crippen MR) is 121 cm³/mol. The standard InChI is InChI=1S/C18H27FN6S.HI/c1-14-23-24-17(25(14)2)13-22-18(20-10-6-12-26-3)21-11-9-15-7-4-5-8-16(15)19;/h4-5,7-8H,6,9-13H2,1-3H3,(H2,20,21,22);1H. The maximum atomic E-state index is 13.7. The van der Waals surface area contributed by atoms with E-state index < -0.39 is 0 Å². The molecule has 0 spiro atoms. The van der Waals surface area contributed by atoms with Gasteiger partial charge in [0.2, 0.25) is 0 Å². The van der Waals surface area contributed by atoms with Gasteiger partial charge in [-0.25, -0.2) is 9.38 Å². The van der Waals surface area contributed by atoms with Gasteiger partial charge in [0.15, 0.2) is 11.8 Å². The van der Waals surface area contributed by atoms with Crippen LogP contribution in [-0.2, 0) is 20.0 Å². The number of aromatic nitrogens is 3. The molecular formula is C18H28FIN6S. The number of rotatable bonds is 9. The first kappa shape index (κ1) is 23.7. The molecule has 0 aliphatic rings. The van der Waals surface area contributed by atoms with E-state index in [0.29, 0.717) is 31.0 Å². The molecule has 9 heteroatoms. The molecule has 2 N–H and O–H groups in total. The average Bonchev–Trinajstić information content (AvgIpc) is 2.96. The molecule has 0 radical (unpaired) electrons. The monoisotopic (exact) mass is 506 g/mol. The minimum absolute atomic E-state index is 0. The van der Waals surface area contributed by atoms with E-state index in [1.807, 2.05) is 42.4 Å². The van der Waals surface area contributed by atoms with Gasteiger partial charge in [-0.05, 0) is 43.4 Å². The molecule has 2 rings (SSSR count). The summed E-state index contributed by atoms with van der Waals surface area (Å²) in [4.78, 5) is 4.59. The summed E-state index contributed by atoms with van der Waals surface area (Å²) in [5.74, 6) is 3.30. The van der Waals surface area contributed by atoms with Crippen molar-refractivity contribution in [2.24, 2.45) is 12.0 Å². The quantitative estimate of drug-likeness (QED) is 0.237. The largest absolute Gasteiger partial charge is 0.356 e. The zero-order valence-electron chi connectivity index (χ0n) is 16.0. The van der Waals surface area contributed by atoms with E-state index in [-0.39, 0.29) is 29.8 Å². The molecule has 2 aromatic rings. The molecular weight excluding hydrogens is 478 g/mol. The lowest BCUT2D eigenvalue weighted by Crippen LogP contribution is -2.39. The van der Waals surface area contributed by atoms with Crippen LogP contribution >= 0.6 is 35.7 Å². The lowest BCUT2D eigenvalue weighted by molar-refractivity contribution is 0.606. The second-order valence-corrected chi connectivity index (χ2v) is 6.91. The van der Waals surface area contributed by atoms with Crippen LogP contribution in [-0.4, -0.2) is 45.8 Å². The highest BCUT2D eigenvalue weighted by molar-refractivity contribution is 14.0. The van der Waals surface area contributed by atoms with Crippen LogP contribution in [0, 0.1) is 12.7 Å². The van der Waals surface area contributed by atoms with Gasteiger partial charge in [0, 0.05) is 20.1 Å². The van der Waals surface area contributed by atoms with E-state index in [9.17, 15) is 4.39 Å². The SMILES string of the molecule is CSCCCNC(=NCc1nnc(C)n1C)NCCc1ccccc1F.I. The predicted octanol–water partition coefficient (Wildman–Crippen LogP) is 2.91. The molecule has 27 heavy (non-hydrogen) atoms. The summed E-state index contributed by atoms with van der Waals surface area (Å²) in [5.41, 5.74) is 0.700. The van der Waals surface area contributed by atoms with Crippen LogP contribution in [0.3, 0.4) is 0 Å². The van der Waals surface area contributed by atoms with Gasteiger partial charge in [-0.3, -0.25) is 0 Å². The van der Waals surface area contributed by atoms with Crippen LogP contribution in [0.25, 0.3) is 0 Å². The highest BCUT2D eigenvalue weighted by Crippen LogP contribution is 2.06. The van der Waals surface area contributed by atoms with Gasteiger partial charge in [-0.1, -0.05) is 18.2 Å². The molecule has 1 heterocycles. The molecule has 1 aromatic heterocycles. The second-order valence-electron chi connectivity index (χ2n) is 5.93. The molecule has 6 nitrogen and oxygen atoms in total. The number of nitrogens with zero attached hydrogens (tertiary/aromatic N) is 4. The lowest BCUT2D eigenvalue weighted by Gasteiger charge is -2.13. The van der Waals surface area contributed by atoms with Crippen LogP contribution in [0.5, 0.6) is 0 Å². The van der Waals surface area contributed by atoms with E-state index in [2.05, 4.69) is 32.1 Å². The van der Waals surface area contributed by atoms with E-state index in [1.54, 1.807) is 6.07 Å². The molecule has 0 fully saturated rings. The van der Waals surface area contributed by atoms with Crippen molar-refractivity contribution >= 4 is 41.7 Å². The van der Waals surface area contributed by atoms with Crippen molar-refractivity contribution < 1.29 is 4.39 Å². The summed E-state index contributed by atoms with van der Waals surface area (Å²) in [6.07, 6.45) is 3.75. The first-order valence-electron chi connectivity index (χ1n) is 8.71. The van der Waals surface area contributed by atoms with Crippen LogP contribution in [0.1, 0.15) is 23.6 Å². The number of benzene rings is 1. The zero-order chi connectivity index (χ0) is 18.8. The topological polar surface area (TPSA) is 67.1 Å². The Labute approximate surface area is 181 Å². The van der Waals surface area contributed by atoms with Gasteiger partial charge in [-0.15, -0.1) is 34.2 Å². The molecule has 0 atom stereocenters. The van der Waals surface area contributed by atoms with E-state index in [4.69, 9.17) is 0 Å². The third-order valence-electron chi connectivity index (χ3n) is 4.02. The number of nitrogens with one attached hydrogen (secondary N) is 2. The van der Waals surface area contributed by atoms with Crippen molar-refractivity contribution in [3.8, 4) is 0 Å². The molecule has 1 aromatic carbocycles. The van der Waals surface area contributed by atoms with Crippen molar-refractivity contribution in [1.29, 1.82) is 0 Å². The van der Waals surface area contributed by atoms with Crippen LogP contribution < -0.4 is 10.6 Å². The number of hydrogen-bond acceptors (Lipinski definition) is 4. The fourth-order valence-corrected chi connectivity index (χ4v) is 2.79. The van der Waals surface area contributed by atoms with Gasteiger partial charge in [-0.2, -0.15) is 11.8 Å². The van der Waals surface area contributed by atoms with E-state index >= 15 is 0 Å². The summed E-state index contributed by atoms with van der Waals surface area (Å²) in [7, 11) is 1.93. The summed E-state index contributed by atoms with van der Waals surface area (Å²) < 4.78 is 15.6. The second kappa shape index (κ2) is 12.9. The third kappa shape index (κ3) is 8.04. The Bertz CT molecular complexity index is 722. The summed E-state index contributed by atoms with van der Waals surface area (Å²) in [6, 6.07) is 6.85. The Morgan fingerprint density at radius 3 is 2.63 bits per heavy atom. The highest BCUT2D eigenvalue weighted by atomic mass is 127. The lowest BCUT2D eigenvalue weighted by atomic mass is 10.1. The fraction of sp³-hybridized carbons (Fsp3) is 0.500. The molecule has 0 aliphatic carbocycles. The Balaban J connectivity index is 0.00000364. The Morgan fingerprint density at radius 2 is 1.96 bits per heavy atom. The smallest absolute Gasteiger partial charge is 0.191 e. The molecule has 150 valence electrons. The maximum absolute atomic E-state index is 13.7. The summed E-state index contributed by atoms with van der Waals surface area (Å²) in [5, 5.41) is 14.8. The number of guanidine groups is 1. The molecule has 0 saturated carbocycles. The van der Waals surface area contributed by atoms with Gasteiger partial charge >= 0.3 is 0 Å². The fourth-order valence-electron chi connectivity index (χ4n) is 2.35. The molecule has 0 amide bonds. The van der Waals surface area contributed by atoms with Gasteiger partial charge in [0.1, 0.15) is 18.2 Å². The van der Waals surface area contributed by atoms with Gasteiger partial charge in [0.05, 0.1) is 0 Å².